The summed E-state index contributed by atoms with van der Waals surface area (Å²) < 4.78 is 5.77. The predicted octanol–water partition coefficient (Wildman–Crippen LogP) is 2.63. The lowest BCUT2D eigenvalue weighted by atomic mass is 10.3. The highest BCUT2D eigenvalue weighted by molar-refractivity contribution is 7.99. The van der Waals surface area contributed by atoms with E-state index in [0.29, 0.717) is 0 Å². The Morgan fingerprint density at radius 2 is 2.18 bits per heavy atom. The van der Waals surface area contributed by atoms with Crippen molar-refractivity contribution in [1.82, 2.24) is 10.3 Å². The van der Waals surface area contributed by atoms with Gasteiger partial charge in [0.05, 0.1) is 12.3 Å². The van der Waals surface area contributed by atoms with Crippen LogP contribution in [0.15, 0.2) is 12.1 Å². The van der Waals surface area contributed by atoms with Gasteiger partial charge in [0.2, 0.25) is 0 Å². The predicted molar refractivity (Wildman–Crippen MR) is 74.8 cm³/mol. The summed E-state index contributed by atoms with van der Waals surface area (Å²) in [5.41, 5.74) is 2.04. The second kappa shape index (κ2) is 8.37. The normalized spacial score (nSPS) is 10.5. The largest absolute Gasteiger partial charge is 0.491 e. The summed E-state index contributed by atoms with van der Waals surface area (Å²) in [4.78, 5) is 4.52. The third kappa shape index (κ3) is 5.41. The highest BCUT2D eigenvalue weighted by Crippen LogP contribution is 2.17. The molecule has 1 N–H and O–H groups in total. The van der Waals surface area contributed by atoms with Gasteiger partial charge in [0.15, 0.2) is 0 Å². The van der Waals surface area contributed by atoms with E-state index in [1.165, 1.54) is 0 Å². The lowest BCUT2D eigenvalue weighted by Crippen LogP contribution is -2.15. The Labute approximate surface area is 108 Å². The SMILES string of the molecule is CCNCc1nc(C)ccc1OCCSCC. The highest BCUT2D eigenvalue weighted by atomic mass is 32.2. The summed E-state index contributed by atoms with van der Waals surface area (Å²) in [6.07, 6.45) is 0. The average Bonchev–Trinajstić information content (AvgIpc) is 2.34. The maximum absolute atomic E-state index is 5.77. The highest BCUT2D eigenvalue weighted by Gasteiger charge is 2.05. The average molecular weight is 254 g/mol. The van der Waals surface area contributed by atoms with Crippen LogP contribution in [-0.2, 0) is 6.54 Å². The topological polar surface area (TPSA) is 34.2 Å². The Bertz CT molecular complexity index is 331. The molecule has 0 amide bonds. The second-order valence-electron chi connectivity index (χ2n) is 3.72. The fraction of sp³-hybridized carbons (Fsp3) is 0.615. The zero-order chi connectivity index (χ0) is 12.5. The number of nitrogens with zero attached hydrogens (tertiary/aromatic N) is 1. The van der Waals surface area contributed by atoms with Gasteiger partial charge in [0.25, 0.3) is 0 Å². The van der Waals surface area contributed by atoms with Gasteiger partial charge in [-0.3, -0.25) is 4.98 Å². The first-order valence-electron chi connectivity index (χ1n) is 6.15. The van der Waals surface area contributed by atoms with Crippen LogP contribution >= 0.6 is 11.8 Å². The van der Waals surface area contributed by atoms with Crippen LogP contribution in [0.2, 0.25) is 0 Å². The summed E-state index contributed by atoms with van der Waals surface area (Å²) >= 11 is 1.89. The molecule has 0 aromatic carbocycles. The standard InChI is InChI=1S/C13H22N2OS/c1-4-14-10-12-13(7-6-11(3)15-12)16-8-9-17-5-2/h6-7,14H,4-5,8-10H2,1-3H3. The van der Waals surface area contributed by atoms with E-state index in [4.69, 9.17) is 4.74 Å². The molecule has 1 heterocycles. The number of rotatable bonds is 8. The molecule has 0 fully saturated rings. The molecule has 0 aliphatic rings. The first-order valence-corrected chi connectivity index (χ1v) is 7.31. The third-order valence-corrected chi connectivity index (χ3v) is 3.17. The van der Waals surface area contributed by atoms with E-state index in [0.717, 1.165) is 48.3 Å². The lowest BCUT2D eigenvalue weighted by molar-refractivity contribution is 0.337. The molecular weight excluding hydrogens is 232 g/mol. The number of aryl methyl sites for hydroxylation is 1. The third-order valence-electron chi connectivity index (χ3n) is 2.30. The monoisotopic (exact) mass is 254 g/mol. The number of hydrogen-bond donors (Lipinski definition) is 1. The molecule has 0 unspecified atom stereocenters. The maximum Gasteiger partial charge on any atom is 0.142 e. The summed E-state index contributed by atoms with van der Waals surface area (Å²) in [5, 5.41) is 3.29. The summed E-state index contributed by atoms with van der Waals surface area (Å²) in [7, 11) is 0. The quantitative estimate of drug-likeness (QED) is 0.723. The molecule has 0 radical (unpaired) electrons. The van der Waals surface area contributed by atoms with Crippen molar-refractivity contribution >= 4 is 11.8 Å². The van der Waals surface area contributed by atoms with Crippen LogP contribution in [-0.4, -0.2) is 29.6 Å². The number of nitrogens with one attached hydrogen (secondary N) is 1. The molecule has 1 rings (SSSR count). The van der Waals surface area contributed by atoms with E-state index in [1.54, 1.807) is 0 Å². The van der Waals surface area contributed by atoms with E-state index >= 15 is 0 Å². The van der Waals surface area contributed by atoms with Gasteiger partial charge >= 0.3 is 0 Å². The van der Waals surface area contributed by atoms with Crippen molar-refractivity contribution in [2.45, 2.75) is 27.3 Å². The van der Waals surface area contributed by atoms with E-state index in [9.17, 15) is 0 Å². The smallest absolute Gasteiger partial charge is 0.142 e. The van der Waals surface area contributed by atoms with Crippen molar-refractivity contribution in [3.63, 3.8) is 0 Å². The molecule has 17 heavy (non-hydrogen) atoms. The Morgan fingerprint density at radius 1 is 1.35 bits per heavy atom. The minimum Gasteiger partial charge on any atom is -0.491 e. The van der Waals surface area contributed by atoms with Crippen LogP contribution in [0, 0.1) is 6.92 Å². The molecule has 0 atom stereocenters. The zero-order valence-corrected chi connectivity index (χ0v) is 11.8. The van der Waals surface area contributed by atoms with Gasteiger partial charge < -0.3 is 10.1 Å². The van der Waals surface area contributed by atoms with Crippen molar-refractivity contribution in [3.05, 3.63) is 23.5 Å². The molecular formula is C13H22N2OS. The zero-order valence-electron chi connectivity index (χ0n) is 11.0. The van der Waals surface area contributed by atoms with Crippen LogP contribution in [0.3, 0.4) is 0 Å². The van der Waals surface area contributed by atoms with Gasteiger partial charge in [0.1, 0.15) is 5.75 Å². The van der Waals surface area contributed by atoms with Crippen LogP contribution in [0.25, 0.3) is 0 Å². The molecule has 0 saturated heterocycles. The number of aromatic nitrogens is 1. The molecule has 3 nitrogen and oxygen atoms in total. The molecule has 0 saturated carbocycles. The van der Waals surface area contributed by atoms with Crippen LogP contribution < -0.4 is 10.1 Å². The van der Waals surface area contributed by atoms with Gasteiger partial charge in [-0.1, -0.05) is 13.8 Å². The Hall–Kier alpha value is -0.740. The number of pyridine rings is 1. The lowest BCUT2D eigenvalue weighted by Gasteiger charge is -2.11. The molecule has 0 aliphatic heterocycles. The van der Waals surface area contributed by atoms with Gasteiger partial charge in [0, 0.05) is 18.0 Å². The molecule has 0 spiro atoms. The Kier molecular flexibility index (Phi) is 7.05. The summed E-state index contributed by atoms with van der Waals surface area (Å²) in [6, 6.07) is 4.02. The molecule has 4 heteroatoms. The Morgan fingerprint density at radius 3 is 2.88 bits per heavy atom. The maximum atomic E-state index is 5.77. The van der Waals surface area contributed by atoms with E-state index in [-0.39, 0.29) is 0 Å². The van der Waals surface area contributed by atoms with Gasteiger partial charge in [-0.2, -0.15) is 11.8 Å². The number of thioether (sulfide) groups is 1. The van der Waals surface area contributed by atoms with Crippen LogP contribution in [0.4, 0.5) is 0 Å². The summed E-state index contributed by atoms with van der Waals surface area (Å²) in [6.45, 7) is 8.73. The van der Waals surface area contributed by atoms with Crippen molar-refractivity contribution in [1.29, 1.82) is 0 Å². The minimum atomic E-state index is 0.752. The van der Waals surface area contributed by atoms with E-state index in [1.807, 2.05) is 30.8 Å². The van der Waals surface area contributed by atoms with Gasteiger partial charge in [-0.25, -0.2) is 0 Å². The number of hydrogen-bond acceptors (Lipinski definition) is 4. The van der Waals surface area contributed by atoms with Crippen molar-refractivity contribution in [2.24, 2.45) is 0 Å². The van der Waals surface area contributed by atoms with Crippen LogP contribution in [0.5, 0.6) is 5.75 Å². The van der Waals surface area contributed by atoms with Crippen molar-refractivity contribution < 1.29 is 4.74 Å². The molecule has 1 aromatic rings. The minimum absolute atomic E-state index is 0.752. The summed E-state index contributed by atoms with van der Waals surface area (Å²) in [5.74, 6) is 3.08. The van der Waals surface area contributed by atoms with Gasteiger partial charge in [-0.05, 0) is 31.4 Å². The van der Waals surface area contributed by atoms with Crippen LogP contribution in [0.1, 0.15) is 25.2 Å². The van der Waals surface area contributed by atoms with E-state index in [2.05, 4.69) is 24.1 Å². The fourth-order valence-corrected chi connectivity index (χ4v) is 1.94. The number of ether oxygens (including phenoxy) is 1. The van der Waals surface area contributed by atoms with E-state index < -0.39 is 0 Å². The molecule has 1 aromatic heterocycles. The molecule has 0 aliphatic carbocycles. The first-order chi connectivity index (χ1) is 8.27. The van der Waals surface area contributed by atoms with Crippen molar-refractivity contribution in [2.75, 3.05) is 24.7 Å². The molecule has 96 valence electrons. The Balaban J connectivity index is 2.55. The first kappa shape index (κ1) is 14.3. The second-order valence-corrected chi connectivity index (χ2v) is 5.12. The fourth-order valence-electron chi connectivity index (χ4n) is 1.45. The van der Waals surface area contributed by atoms with Crippen molar-refractivity contribution in [3.8, 4) is 5.75 Å². The van der Waals surface area contributed by atoms with Gasteiger partial charge in [-0.15, -0.1) is 0 Å². The molecule has 0 bridgehead atoms.